The minimum atomic E-state index is 0.0630. The molecule has 54 valence electrons. The van der Waals surface area contributed by atoms with Crippen molar-refractivity contribution in [1.29, 1.82) is 0 Å². The Morgan fingerprint density at radius 3 is 3.00 bits per heavy atom. The molecule has 11 heavy (non-hydrogen) atoms. The fourth-order valence-electron chi connectivity index (χ4n) is 1.07. The first-order valence-corrected chi connectivity index (χ1v) is 4.74. The maximum atomic E-state index is 4.27. The maximum Gasteiger partial charge on any atom is 0.235 e. The van der Waals surface area contributed by atoms with Gasteiger partial charge >= 0.3 is 0 Å². The Bertz CT molecular complexity index is 389. The number of rotatable bonds is 1. The molecular formula is C9H8NS+. The van der Waals surface area contributed by atoms with Gasteiger partial charge in [0.15, 0.2) is 0 Å². The van der Waals surface area contributed by atoms with Gasteiger partial charge in [-0.3, -0.25) is 0 Å². The van der Waals surface area contributed by atoms with E-state index >= 15 is 0 Å². The predicted molar refractivity (Wildman–Crippen MR) is 50.6 cm³/mol. The second kappa shape index (κ2) is 2.47. The molecule has 0 saturated carbocycles. The van der Waals surface area contributed by atoms with Gasteiger partial charge in [-0.25, -0.2) is 0 Å². The van der Waals surface area contributed by atoms with Crippen LogP contribution < -0.4 is 0 Å². The standard InChI is InChI=1S/C9H8NS/c1-2-11-7-10-8-5-3-4-6-9(8)11/h2-7H,1H2/q+1. The zero-order valence-corrected chi connectivity index (χ0v) is 6.84. The van der Waals surface area contributed by atoms with Crippen molar-refractivity contribution >= 4 is 26.1 Å². The van der Waals surface area contributed by atoms with Crippen LogP contribution in [0.15, 0.2) is 36.4 Å². The van der Waals surface area contributed by atoms with Crippen molar-refractivity contribution < 1.29 is 0 Å². The van der Waals surface area contributed by atoms with E-state index in [4.69, 9.17) is 0 Å². The molecule has 1 aromatic carbocycles. The third-order valence-corrected chi connectivity index (χ3v) is 3.15. The normalized spacial score (nSPS) is 11.8. The van der Waals surface area contributed by atoms with Crippen LogP contribution >= 0.6 is 10.5 Å². The number of hydrogen-bond donors (Lipinski definition) is 0. The van der Waals surface area contributed by atoms with Gasteiger partial charge in [0.1, 0.15) is 10.9 Å². The fraction of sp³-hybridized carbons (Fsp3) is 0. The first-order valence-electron chi connectivity index (χ1n) is 3.39. The highest BCUT2D eigenvalue weighted by Crippen LogP contribution is 2.29. The number of para-hydroxylation sites is 1. The topological polar surface area (TPSA) is 12.9 Å². The van der Waals surface area contributed by atoms with Crippen LogP contribution in [0.25, 0.3) is 15.6 Å². The summed E-state index contributed by atoms with van der Waals surface area (Å²) in [6, 6.07) is 8.18. The Morgan fingerprint density at radius 2 is 2.18 bits per heavy atom. The molecule has 1 nitrogen and oxygen atoms in total. The van der Waals surface area contributed by atoms with Crippen molar-refractivity contribution in [1.82, 2.24) is 4.98 Å². The van der Waals surface area contributed by atoms with Crippen LogP contribution in [0.1, 0.15) is 0 Å². The lowest BCUT2D eigenvalue weighted by Gasteiger charge is -1.79. The fourth-order valence-corrected chi connectivity index (χ4v) is 2.27. The molecule has 0 aliphatic rings. The Labute approximate surface area is 68.0 Å². The average molecular weight is 162 g/mol. The van der Waals surface area contributed by atoms with Gasteiger partial charge in [-0.1, -0.05) is 12.1 Å². The quantitative estimate of drug-likeness (QED) is 0.587. The second-order valence-corrected chi connectivity index (χ2v) is 3.97. The molecule has 0 saturated heterocycles. The summed E-state index contributed by atoms with van der Waals surface area (Å²) in [7, 11) is 0.0630. The number of benzene rings is 1. The second-order valence-electron chi connectivity index (χ2n) is 2.24. The van der Waals surface area contributed by atoms with E-state index in [0.29, 0.717) is 0 Å². The monoisotopic (exact) mass is 162 g/mol. The molecule has 1 atom stereocenters. The molecule has 0 fully saturated rings. The van der Waals surface area contributed by atoms with E-state index in [1.165, 1.54) is 4.70 Å². The molecule has 2 heteroatoms. The number of fused-ring (bicyclic) bond motifs is 1. The molecule has 2 rings (SSSR count). The zero-order valence-electron chi connectivity index (χ0n) is 6.03. The van der Waals surface area contributed by atoms with Crippen LogP contribution in [0.3, 0.4) is 0 Å². The molecule has 2 aromatic rings. The Morgan fingerprint density at radius 1 is 1.36 bits per heavy atom. The van der Waals surface area contributed by atoms with E-state index in [1.807, 2.05) is 29.1 Å². The molecule has 1 aromatic heterocycles. The number of nitrogens with zero attached hydrogens (tertiary/aromatic N) is 1. The summed E-state index contributed by atoms with van der Waals surface area (Å²) in [6.07, 6.45) is 0. The first kappa shape index (κ1) is 6.55. The summed E-state index contributed by atoms with van der Waals surface area (Å²) in [5.74, 6) is 0. The van der Waals surface area contributed by atoms with Gasteiger partial charge in [0.05, 0.1) is 0 Å². The van der Waals surface area contributed by atoms with Crippen LogP contribution in [-0.2, 0) is 0 Å². The van der Waals surface area contributed by atoms with Gasteiger partial charge in [-0.15, -0.1) is 0 Å². The highest BCUT2D eigenvalue weighted by Gasteiger charge is 2.07. The van der Waals surface area contributed by atoms with Crippen molar-refractivity contribution in [2.45, 2.75) is 0 Å². The molecule has 0 aliphatic heterocycles. The Hall–Kier alpha value is -1.15. The van der Waals surface area contributed by atoms with E-state index < -0.39 is 0 Å². The smallest absolute Gasteiger partial charge is 0.199 e. The van der Waals surface area contributed by atoms with Gasteiger partial charge in [-0.2, -0.15) is 4.98 Å². The number of thiazole rings is 1. The lowest BCUT2D eigenvalue weighted by atomic mass is 10.3. The molecule has 0 radical (unpaired) electrons. The van der Waals surface area contributed by atoms with Crippen molar-refractivity contribution in [3.8, 4) is 0 Å². The van der Waals surface area contributed by atoms with Crippen LogP contribution in [-0.4, -0.2) is 4.98 Å². The summed E-state index contributed by atoms with van der Waals surface area (Å²) < 4.78 is 1.29. The lowest BCUT2D eigenvalue weighted by molar-refractivity contribution is 1.50. The third kappa shape index (κ3) is 0.955. The Kier molecular flexibility index (Phi) is 1.47. The molecule has 0 spiro atoms. The zero-order chi connectivity index (χ0) is 7.68. The Balaban J connectivity index is 2.86. The molecule has 0 bridgehead atoms. The minimum Gasteiger partial charge on any atom is -0.199 e. The number of hydrogen-bond acceptors (Lipinski definition) is 1. The lowest BCUT2D eigenvalue weighted by Crippen LogP contribution is -1.62. The third-order valence-electron chi connectivity index (χ3n) is 1.60. The highest BCUT2D eigenvalue weighted by molar-refractivity contribution is 7.45. The SMILES string of the molecule is C=C[s+]1cnc2ccccc21. The van der Waals surface area contributed by atoms with Crippen molar-refractivity contribution in [2.24, 2.45) is 0 Å². The van der Waals surface area contributed by atoms with Gasteiger partial charge in [-0.05, 0) is 12.6 Å². The highest BCUT2D eigenvalue weighted by atomic mass is 32.2. The summed E-state index contributed by atoms with van der Waals surface area (Å²) in [6.45, 7) is 3.76. The largest absolute Gasteiger partial charge is 0.235 e. The molecular weight excluding hydrogens is 154 g/mol. The van der Waals surface area contributed by atoms with E-state index in [9.17, 15) is 0 Å². The predicted octanol–water partition coefficient (Wildman–Crippen LogP) is 3.08. The average Bonchev–Trinajstić information content (AvgIpc) is 2.47. The maximum absolute atomic E-state index is 4.27. The summed E-state index contributed by atoms with van der Waals surface area (Å²) in [5.41, 5.74) is 3.05. The summed E-state index contributed by atoms with van der Waals surface area (Å²) in [4.78, 5) is 4.27. The first-order chi connectivity index (χ1) is 5.42. The van der Waals surface area contributed by atoms with Crippen LogP contribution in [0.5, 0.6) is 0 Å². The van der Waals surface area contributed by atoms with Crippen molar-refractivity contribution in [2.75, 3.05) is 0 Å². The molecule has 0 aliphatic carbocycles. The minimum absolute atomic E-state index is 0.0630. The molecule has 1 unspecified atom stereocenters. The van der Waals surface area contributed by atoms with Crippen molar-refractivity contribution in [3.05, 3.63) is 36.4 Å². The number of aromatic nitrogens is 1. The van der Waals surface area contributed by atoms with Gasteiger partial charge in [0, 0.05) is 16.5 Å². The molecule has 0 N–H and O–H groups in total. The van der Waals surface area contributed by atoms with Crippen LogP contribution in [0.2, 0.25) is 0 Å². The van der Waals surface area contributed by atoms with Crippen LogP contribution in [0, 0.1) is 0 Å². The van der Waals surface area contributed by atoms with Gasteiger partial charge in [0.25, 0.3) is 0 Å². The molecule has 0 amide bonds. The van der Waals surface area contributed by atoms with Gasteiger partial charge < -0.3 is 0 Å². The van der Waals surface area contributed by atoms with E-state index in [-0.39, 0.29) is 10.5 Å². The van der Waals surface area contributed by atoms with E-state index in [2.05, 4.69) is 17.6 Å². The summed E-state index contributed by atoms with van der Waals surface area (Å²) in [5, 5.41) is 1.94. The van der Waals surface area contributed by atoms with Gasteiger partial charge in [0.2, 0.25) is 10.2 Å². The van der Waals surface area contributed by atoms with Crippen molar-refractivity contribution in [3.63, 3.8) is 0 Å². The van der Waals surface area contributed by atoms with Crippen LogP contribution in [0.4, 0.5) is 0 Å². The van der Waals surface area contributed by atoms with E-state index in [0.717, 1.165) is 5.52 Å². The summed E-state index contributed by atoms with van der Waals surface area (Å²) >= 11 is 0. The molecule has 1 heterocycles. The van der Waals surface area contributed by atoms with E-state index in [1.54, 1.807) is 0 Å².